The largest absolute Gasteiger partial charge is 0.416 e. The van der Waals surface area contributed by atoms with Gasteiger partial charge in [-0.05, 0) is 55.0 Å². The molecule has 6 heteroatoms. The topological polar surface area (TPSA) is 20.3 Å². The Bertz CT molecular complexity index is 866. The molecule has 0 aromatic heterocycles. The van der Waals surface area contributed by atoms with Crippen LogP contribution in [0.1, 0.15) is 42.4 Å². The van der Waals surface area contributed by atoms with E-state index in [9.17, 15) is 22.4 Å². The highest BCUT2D eigenvalue weighted by Gasteiger charge is 2.42. The van der Waals surface area contributed by atoms with E-state index in [0.29, 0.717) is 18.2 Å². The van der Waals surface area contributed by atoms with Crippen LogP contribution < -0.4 is 0 Å². The number of Topliss-reactive ketones (excluding diaryl/α,β-unsaturated/α-hetero) is 1. The van der Waals surface area contributed by atoms with Crippen LogP contribution >= 0.6 is 0 Å². The van der Waals surface area contributed by atoms with Gasteiger partial charge in [-0.1, -0.05) is 30.3 Å². The molecule has 4 rings (SSSR count). The van der Waals surface area contributed by atoms with Crippen LogP contribution in [0.3, 0.4) is 0 Å². The van der Waals surface area contributed by atoms with E-state index in [2.05, 4.69) is 17.0 Å². The van der Waals surface area contributed by atoms with Gasteiger partial charge in [0.05, 0.1) is 5.56 Å². The third-order valence-corrected chi connectivity index (χ3v) is 6.21. The van der Waals surface area contributed by atoms with E-state index in [1.165, 1.54) is 5.56 Å². The molecule has 0 aliphatic carbocycles. The van der Waals surface area contributed by atoms with E-state index in [4.69, 9.17) is 0 Å². The fraction of sp³-hybridized carbons (Fsp3) is 0.435. The van der Waals surface area contributed by atoms with Gasteiger partial charge in [-0.3, -0.25) is 9.69 Å². The lowest BCUT2D eigenvalue weighted by molar-refractivity contribution is -0.138. The zero-order chi connectivity index (χ0) is 20.6. The molecular formula is C23H23F4NO. The maximum Gasteiger partial charge on any atom is 0.416 e. The standard InChI is InChI=1S/C23H23F4NO/c24-19-9-16(8-18(13-19)23(25,26)27)10-22(29)17-11-20-6-7-21(12-17)28(20)14-15-4-2-1-3-5-15/h1-5,8-9,13,17,20-21H,6-7,10-12,14H2. The number of hydrogen-bond acceptors (Lipinski definition) is 2. The molecule has 2 saturated heterocycles. The normalized spacial score (nSPS) is 24.6. The second-order valence-corrected chi connectivity index (χ2v) is 8.20. The van der Waals surface area contributed by atoms with Crippen LogP contribution in [0.5, 0.6) is 0 Å². The lowest BCUT2D eigenvalue weighted by atomic mass is 9.84. The molecule has 0 radical (unpaired) electrons. The first-order chi connectivity index (χ1) is 13.8. The van der Waals surface area contributed by atoms with Gasteiger partial charge in [0.25, 0.3) is 0 Å². The monoisotopic (exact) mass is 405 g/mol. The molecule has 29 heavy (non-hydrogen) atoms. The van der Waals surface area contributed by atoms with Crippen molar-refractivity contribution in [3.8, 4) is 0 Å². The van der Waals surface area contributed by atoms with Gasteiger partial charge in [-0.2, -0.15) is 13.2 Å². The van der Waals surface area contributed by atoms with Crippen molar-refractivity contribution in [1.82, 2.24) is 4.90 Å². The van der Waals surface area contributed by atoms with E-state index >= 15 is 0 Å². The minimum Gasteiger partial charge on any atom is -0.299 e. The van der Waals surface area contributed by atoms with Crippen LogP contribution in [0.25, 0.3) is 0 Å². The molecule has 2 nitrogen and oxygen atoms in total. The molecule has 0 N–H and O–H groups in total. The summed E-state index contributed by atoms with van der Waals surface area (Å²) in [7, 11) is 0. The number of halogens is 4. The zero-order valence-electron chi connectivity index (χ0n) is 16.0. The van der Waals surface area contributed by atoms with Gasteiger partial charge in [-0.15, -0.1) is 0 Å². The van der Waals surface area contributed by atoms with Crippen molar-refractivity contribution < 1.29 is 22.4 Å². The second-order valence-electron chi connectivity index (χ2n) is 8.20. The molecule has 0 saturated carbocycles. The number of hydrogen-bond donors (Lipinski definition) is 0. The number of fused-ring (bicyclic) bond motifs is 2. The van der Waals surface area contributed by atoms with E-state index in [1.807, 2.05) is 18.2 Å². The van der Waals surface area contributed by atoms with Crippen molar-refractivity contribution in [2.45, 2.75) is 56.9 Å². The predicted octanol–water partition coefficient (Wildman–Crippen LogP) is 5.40. The molecule has 2 aromatic carbocycles. The molecule has 2 aliphatic heterocycles. The van der Waals surface area contributed by atoms with E-state index in [1.54, 1.807) is 0 Å². The summed E-state index contributed by atoms with van der Waals surface area (Å²) in [5.41, 5.74) is 0.299. The first-order valence-electron chi connectivity index (χ1n) is 9.98. The van der Waals surface area contributed by atoms with Gasteiger partial charge in [0.2, 0.25) is 0 Å². The minimum atomic E-state index is -4.62. The fourth-order valence-electron chi connectivity index (χ4n) is 4.85. The summed E-state index contributed by atoms with van der Waals surface area (Å²) in [4.78, 5) is 15.3. The lowest BCUT2D eigenvalue weighted by Crippen LogP contribution is -2.44. The van der Waals surface area contributed by atoms with E-state index < -0.39 is 17.6 Å². The van der Waals surface area contributed by atoms with Crippen molar-refractivity contribution in [3.05, 3.63) is 71.0 Å². The maximum atomic E-state index is 13.6. The maximum absolute atomic E-state index is 13.6. The second kappa shape index (κ2) is 7.90. The number of carbonyl (C=O) groups is 1. The molecule has 2 heterocycles. The average molecular weight is 405 g/mol. The summed E-state index contributed by atoms with van der Waals surface area (Å²) in [6.45, 7) is 0.857. The molecule has 2 atom stereocenters. The van der Waals surface area contributed by atoms with Crippen LogP contribution in [0.4, 0.5) is 17.6 Å². The number of benzene rings is 2. The zero-order valence-corrected chi connectivity index (χ0v) is 16.0. The van der Waals surface area contributed by atoms with Gasteiger partial charge >= 0.3 is 6.18 Å². The first-order valence-corrected chi connectivity index (χ1v) is 9.98. The van der Waals surface area contributed by atoms with Crippen molar-refractivity contribution in [2.75, 3.05) is 0 Å². The van der Waals surface area contributed by atoms with Gasteiger partial charge in [0, 0.05) is 31.0 Å². The molecule has 0 spiro atoms. The highest BCUT2D eigenvalue weighted by Crippen LogP contribution is 2.40. The molecule has 2 fully saturated rings. The van der Waals surface area contributed by atoms with Crippen LogP contribution in [0.2, 0.25) is 0 Å². The van der Waals surface area contributed by atoms with Crippen LogP contribution in [-0.2, 0) is 23.9 Å². The van der Waals surface area contributed by atoms with Crippen LogP contribution in [-0.4, -0.2) is 22.8 Å². The quantitative estimate of drug-likeness (QED) is 0.621. The Morgan fingerprint density at radius 3 is 2.24 bits per heavy atom. The smallest absolute Gasteiger partial charge is 0.299 e. The summed E-state index contributed by atoms with van der Waals surface area (Å²) in [6.07, 6.45) is -1.24. The van der Waals surface area contributed by atoms with Crippen molar-refractivity contribution >= 4 is 5.78 Å². The highest BCUT2D eigenvalue weighted by molar-refractivity contribution is 5.83. The Morgan fingerprint density at radius 1 is 0.966 bits per heavy atom. The molecular weight excluding hydrogens is 382 g/mol. The number of piperidine rings is 1. The van der Waals surface area contributed by atoms with Crippen LogP contribution in [0.15, 0.2) is 48.5 Å². The van der Waals surface area contributed by atoms with Gasteiger partial charge in [-0.25, -0.2) is 4.39 Å². The summed E-state index contributed by atoms with van der Waals surface area (Å²) in [6, 6.07) is 13.2. The average Bonchev–Trinajstić information content (AvgIpc) is 2.88. The molecule has 154 valence electrons. The third-order valence-electron chi connectivity index (χ3n) is 6.21. The fourth-order valence-corrected chi connectivity index (χ4v) is 4.85. The Balaban J connectivity index is 1.42. The highest BCUT2D eigenvalue weighted by atomic mass is 19.4. The van der Waals surface area contributed by atoms with Gasteiger partial charge < -0.3 is 0 Å². The Kier molecular flexibility index (Phi) is 5.47. The van der Waals surface area contributed by atoms with E-state index in [0.717, 1.165) is 44.4 Å². The molecule has 0 amide bonds. The summed E-state index contributed by atoms with van der Waals surface area (Å²) >= 11 is 0. The Hall–Kier alpha value is -2.21. The third kappa shape index (κ3) is 4.53. The summed E-state index contributed by atoms with van der Waals surface area (Å²) < 4.78 is 52.4. The van der Waals surface area contributed by atoms with Crippen molar-refractivity contribution in [1.29, 1.82) is 0 Å². The Labute approximate surface area is 167 Å². The molecule has 2 aliphatic rings. The first kappa shape index (κ1) is 20.1. The van der Waals surface area contributed by atoms with Crippen molar-refractivity contribution in [2.24, 2.45) is 5.92 Å². The van der Waals surface area contributed by atoms with E-state index in [-0.39, 0.29) is 23.7 Å². The van der Waals surface area contributed by atoms with Crippen molar-refractivity contribution in [3.63, 3.8) is 0 Å². The van der Waals surface area contributed by atoms with Gasteiger partial charge in [0.15, 0.2) is 0 Å². The Morgan fingerprint density at radius 2 is 1.62 bits per heavy atom. The predicted molar refractivity (Wildman–Crippen MR) is 102 cm³/mol. The van der Waals surface area contributed by atoms with Crippen LogP contribution in [0, 0.1) is 11.7 Å². The van der Waals surface area contributed by atoms with Gasteiger partial charge in [0.1, 0.15) is 11.6 Å². The number of ketones is 1. The minimum absolute atomic E-state index is 0.0833. The molecule has 2 aromatic rings. The summed E-state index contributed by atoms with van der Waals surface area (Å²) in [5, 5.41) is 0. The number of carbonyl (C=O) groups excluding carboxylic acids is 1. The lowest BCUT2D eigenvalue weighted by Gasteiger charge is -2.38. The summed E-state index contributed by atoms with van der Waals surface area (Å²) in [5.74, 6) is -1.21. The number of rotatable bonds is 5. The number of alkyl halides is 3. The SMILES string of the molecule is O=C(Cc1cc(F)cc(C(F)(F)F)c1)C1CC2CCC(C1)N2Cc1ccccc1. The molecule has 2 bridgehead atoms. The molecule has 2 unspecified atom stereocenters. The number of nitrogens with zero attached hydrogens (tertiary/aromatic N) is 1.